The summed E-state index contributed by atoms with van der Waals surface area (Å²) in [6, 6.07) is 8.27. The second-order valence-corrected chi connectivity index (χ2v) is 5.69. The molecule has 4 nitrogen and oxygen atoms in total. The van der Waals surface area contributed by atoms with Crippen molar-refractivity contribution in [3.8, 4) is 11.3 Å². The lowest BCUT2D eigenvalue weighted by Gasteiger charge is -2.26. The first kappa shape index (κ1) is 12.8. The summed E-state index contributed by atoms with van der Waals surface area (Å²) in [5.41, 5.74) is 2.25. The van der Waals surface area contributed by atoms with E-state index in [1.54, 1.807) is 0 Å². The van der Waals surface area contributed by atoms with Crippen LogP contribution in [0, 0.1) is 0 Å². The Hall–Kier alpha value is -1.17. The van der Waals surface area contributed by atoms with Crippen LogP contribution in [0.15, 0.2) is 34.9 Å². The number of piperazine rings is 1. The number of hydrogen-bond donors (Lipinski definition) is 2. The Kier molecular flexibility index (Phi) is 3.96. The molecule has 0 radical (unpaired) electrons. The molecule has 0 aliphatic carbocycles. The molecule has 1 fully saturated rings. The van der Waals surface area contributed by atoms with E-state index in [1.165, 1.54) is 5.56 Å². The molecule has 2 heterocycles. The summed E-state index contributed by atoms with van der Waals surface area (Å²) in [5, 5.41) is 3.36. The van der Waals surface area contributed by atoms with Gasteiger partial charge in [0.25, 0.3) is 0 Å². The summed E-state index contributed by atoms with van der Waals surface area (Å²) in [5.74, 6) is 1.04. The van der Waals surface area contributed by atoms with Gasteiger partial charge in [-0.3, -0.25) is 4.90 Å². The van der Waals surface area contributed by atoms with Crippen LogP contribution >= 0.6 is 15.9 Å². The standard InChI is InChI=1S/C14H17BrN4/c15-12-3-1-11(2-4-12)13-9-17-14(18-13)10-19-7-5-16-6-8-19/h1-4,9,16H,5-8,10H2,(H,17,18). The lowest BCUT2D eigenvalue weighted by atomic mass is 10.2. The molecule has 1 aromatic carbocycles. The number of H-pyrrole nitrogens is 1. The van der Waals surface area contributed by atoms with Crippen molar-refractivity contribution < 1.29 is 0 Å². The zero-order chi connectivity index (χ0) is 13.1. The minimum Gasteiger partial charge on any atom is -0.341 e. The molecule has 0 unspecified atom stereocenters. The maximum absolute atomic E-state index is 4.48. The molecule has 0 bridgehead atoms. The highest BCUT2D eigenvalue weighted by Crippen LogP contribution is 2.20. The van der Waals surface area contributed by atoms with Crippen molar-refractivity contribution >= 4 is 15.9 Å². The molecule has 2 aromatic rings. The van der Waals surface area contributed by atoms with Crippen LogP contribution in [-0.4, -0.2) is 41.0 Å². The number of hydrogen-bond acceptors (Lipinski definition) is 3. The molecule has 2 N–H and O–H groups in total. The number of aromatic amines is 1. The van der Waals surface area contributed by atoms with Gasteiger partial charge in [-0.25, -0.2) is 4.98 Å². The Labute approximate surface area is 121 Å². The lowest BCUT2D eigenvalue weighted by Crippen LogP contribution is -2.43. The van der Waals surface area contributed by atoms with Crippen molar-refractivity contribution in [3.63, 3.8) is 0 Å². The van der Waals surface area contributed by atoms with E-state index in [2.05, 4.69) is 48.2 Å². The van der Waals surface area contributed by atoms with Crippen LogP contribution < -0.4 is 5.32 Å². The molecule has 0 spiro atoms. The zero-order valence-electron chi connectivity index (χ0n) is 10.7. The van der Waals surface area contributed by atoms with Crippen LogP contribution in [0.5, 0.6) is 0 Å². The van der Waals surface area contributed by atoms with Crippen molar-refractivity contribution in [1.29, 1.82) is 0 Å². The Morgan fingerprint density at radius 1 is 1.16 bits per heavy atom. The number of imidazole rings is 1. The Morgan fingerprint density at radius 3 is 2.63 bits per heavy atom. The molecular weight excluding hydrogens is 304 g/mol. The van der Waals surface area contributed by atoms with Gasteiger partial charge in [-0.2, -0.15) is 0 Å². The molecule has 1 aromatic heterocycles. The topological polar surface area (TPSA) is 44.0 Å². The largest absolute Gasteiger partial charge is 0.341 e. The summed E-state index contributed by atoms with van der Waals surface area (Å²) in [6.45, 7) is 5.22. The summed E-state index contributed by atoms with van der Waals surface area (Å²) in [7, 11) is 0. The highest BCUT2D eigenvalue weighted by Gasteiger charge is 2.12. The van der Waals surface area contributed by atoms with E-state index in [4.69, 9.17) is 0 Å². The Morgan fingerprint density at radius 2 is 1.89 bits per heavy atom. The Bertz CT molecular complexity index is 529. The molecule has 1 aliphatic rings. The van der Waals surface area contributed by atoms with Gasteiger partial charge in [0.2, 0.25) is 0 Å². The molecule has 0 atom stereocenters. The van der Waals surface area contributed by atoms with Crippen LogP contribution in [0.4, 0.5) is 0 Å². The van der Waals surface area contributed by atoms with Crippen LogP contribution in [0.3, 0.4) is 0 Å². The number of nitrogens with zero attached hydrogens (tertiary/aromatic N) is 2. The number of benzene rings is 1. The first-order valence-electron chi connectivity index (χ1n) is 6.54. The van der Waals surface area contributed by atoms with Crippen molar-refractivity contribution in [2.45, 2.75) is 6.54 Å². The van der Waals surface area contributed by atoms with Crippen LogP contribution in [0.1, 0.15) is 5.82 Å². The van der Waals surface area contributed by atoms with Gasteiger partial charge in [-0.1, -0.05) is 28.1 Å². The van der Waals surface area contributed by atoms with Gasteiger partial charge in [-0.15, -0.1) is 0 Å². The number of nitrogens with one attached hydrogen (secondary N) is 2. The van der Waals surface area contributed by atoms with Crippen molar-refractivity contribution in [3.05, 3.63) is 40.8 Å². The molecular formula is C14H17BrN4. The molecule has 100 valence electrons. The zero-order valence-corrected chi connectivity index (χ0v) is 12.3. The highest BCUT2D eigenvalue weighted by atomic mass is 79.9. The fraction of sp³-hybridized carbons (Fsp3) is 0.357. The monoisotopic (exact) mass is 320 g/mol. The summed E-state index contributed by atoms with van der Waals surface area (Å²) in [4.78, 5) is 10.3. The minimum absolute atomic E-state index is 0.901. The second kappa shape index (κ2) is 5.86. The maximum Gasteiger partial charge on any atom is 0.120 e. The smallest absolute Gasteiger partial charge is 0.120 e. The number of halogens is 1. The maximum atomic E-state index is 4.48. The fourth-order valence-electron chi connectivity index (χ4n) is 2.30. The van der Waals surface area contributed by atoms with Crippen molar-refractivity contribution in [2.75, 3.05) is 26.2 Å². The van der Waals surface area contributed by atoms with Gasteiger partial charge in [0.15, 0.2) is 0 Å². The average molecular weight is 321 g/mol. The molecule has 0 saturated carbocycles. The van der Waals surface area contributed by atoms with Gasteiger partial charge in [0.05, 0.1) is 18.4 Å². The molecule has 5 heteroatoms. The molecule has 19 heavy (non-hydrogen) atoms. The summed E-state index contributed by atoms with van der Waals surface area (Å²) < 4.78 is 1.09. The average Bonchev–Trinajstić information content (AvgIpc) is 2.89. The van der Waals surface area contributed by atoms with E-state index in [9.17, 15) is 0 Å². The third-order valence-corrected chi connectivity index (χ3v) is 3.90. The third-order valence-electron chi connectivity index (χ3n) is 3.37. The first-order chi connectivity index (χ1) is 9.31. The van der Waals surface area contributed by atoms with E-state index in [0.29, 0.717) is 0 Å². The quantitative estimate of drug-likeness (QED) is 0.911. The van der Waals surface area contributed by atoms with Gasteiger partial charge in [0, 0.05) is 30.7 Å². The van der Waals surface area contributed by atoms with Crippen molar-refractivity contribution in [2.24, 2.45) is 0 Å². The van der Waals surface area contributed by atoms with E-state index in [1.807, 2.05) is 18.3 Å². The van der Waals surface area contributed by atoms with Crippen LogP contribution in [0.25, 0.3) is 11.3 Å². The van der Waals surface area contributed by atoms with E-state index >= 15 is 0 Å². The molecule has 1 aliphatic heterocycles. The summed E-state index contributed by atoms with van der Waals surface area (Å²) >= 11 is 3.45. The van der Waals surface area contributed by atoms with E-state index < -0.39 is 0 Å². The molecule has 0 amide bonds. The predicted octanol–water partition coefficient (Wildman–Crippen LogP) is 2.24. The van der Waals surface area contributed by atoms with Gasteiger partial charge < -0.3 is 10.3 Å². The number of aromatic nitrogens is 2. The second-order valence-electron chi connectivity index (χ2n) is 4.78. The highest BCUT2D eigenvalue weighted by molar-refractivity contribution is 9.10. The van der Waals surface area contributed by atoms with Gasteiger partial charge >= 0.3 is 0 Å². The molecule has 3 rings (SSSR count). The van der Waals surface area contributed by atoms with Crippen LogP contribution in [0.2, 0.25) is 0 Å². The van der Waals surface area contributed by atoms with E-state index in [-0.39, 0.29) is 0 Å². The van der Waals surface area contributed by atoms with Crippen LogP contribution in [-0.2, 0) is 6.54 Å². The minimum atomic E-state index is 0.901. The Balaban J connectivity index is 1.70. The van der Waals surface area contributed by atoms with Crippen molar-refractivity contribution in [1.82, 2.24) is 20.2 Å². The van der Waals surface area contributed by atoms with Gasteiger partial charge in [-0.05, 0) is 17.7 Å². The van der Waals surface area contributed by atoms with E-state index in [0.717, 1.165) is 48.7 Å². The summed E-state index contributed by atoms with van der Waals surface area (Å²) in [6.07, 6.45) is 1.92. The normalized spacial score (nSPS) is 16.7. The molecule has 1 saturated heterocycles. The third kappa shape index (κ3) is 3.23. The first-order valence-corrected chi connectivity index (χ1v) is 7.33. The van der Waals surface area contributed by atoms with Gasteiger partial charge in [0.1, 0.15) is 5.82 Å². The predicted molar refractivity (Wildman–Crippen MR) is 79.9 cm³/mol. The lowest BCUT2D eigenvalue weighted by molar-refractivity contribution is 0.228. The number of rotatable bonds is 3. The fourth-order valence-corrected chi connectivity index (χ4v) is 2.56. The SMILES string of the molecule is Brc1ccc(-c2cnc(CN3CCNCC3)[nH]2)cc1.